The predicted octanol–water partition coefficient (Wildman–Crippen LogP) is 0.778. The van der Waals surface area contributed by atoms with E-state index in [1.54, 1.807) is 0 Å². The van der Waals surface area contributed by atoms with Crippen LogP contribution in [0.4, 0.5) is 0 Å². The Bertz CT molecular complexity index is 213. The van der Waals surface area contributed by atoms with Crippen LogP contribution in [0.25, 0.3) is 10.4 Å². The van der Waals surface area contributed by atoms with Gasteiger partial charge in [-0.25, -0.2) is 0 Å². The zero-order chi connectivity index (χ0) is 7.56. The Hall–Kier alpha value is -1.48. The van der Waals surface area contributed by atoms with Crippen LogP contribution in [0.5, 0.6) is 0 Å². The molecule has 0 N–H and O–H groups in total. The number of esters is 1. The largest absolute Gasteiger partial charge is 0.461 e. The van der Waals surface area contributed by atoms with E-state index in [4.69, 9.17) is 5.53 Å². The monoisotopic (exact) mass is 139 g/mol. The number of cyclic esters (lactones) is 1. The Morgan fingerprint density at radius 1 is 1.90 bits per heavy atom. The minimum absolute atomic E-state index is 0.169. The smallest absolute Gasteiger partial charge is 0.319 e. The van der Waals surface area contributed by atoms with E-state index in [9.17, 15) is 4.79 Å². The van der Waals surface area contributed by atoms with Gasteiger partial charge in [0.25, 0.3) is 0 Å². The summed E-state index contributed by atoms with van der Waals surface area (Å²) in [5.41, 5.74) is 8.49. The first-order chi connectivity index (χ1) is 4.75. The summed E-state index contributed by atoms with van der Waals surface area (Å²) in [5.74, 6) is -0.511. The quantitative estimate of drug-likeness (QED) is 0.177. The van der Waals surface area contributed by atoms with Gasteiger partial charge in [-0.15, -0.1) is 0 Å². The minimum Gasteiger partial charge on any atom is -0.461 e. The van der Waals surface area contributed by atoms with Crippen LogP contribution < -0.4 is 0 Å². The molecule has 0 radical (unpaired) electrons. The molecule has 0 bridgehead atoms. The summed E-state index contributed by atoms with van der Waals surface area (Å²) in [5, 5.41) is 3.19. The molecular formula is C5H5N3O2. The topological polar surface area (TPSA) is 75.1 Å². The first kappa shape index (κ1) is 6.64. The van der Waals surface area contributed by atoms with Gasteiger partial charge in [0.1, 0.15) is 6.61 Å². The van der Waals surface area contributed by atoms with E-state index < -0.39 is 12.0 Å². The van der Waals surface area contributed by atoms with E-state index in [0.29, 0.717) is 5.57 Å². The molecule has 0 aromatic rings. The van der Waals surface area contributed by atoms with E-state index in [1.165, 1.54) is 0 Å². The molecule has 0 unspecified atom stereocenters. The van der Waals surface area contributed by atoms with Crippen molar-refractivity contribution in [2.24, 2.45) is 5.11 Å². The number of carbonyl (C=O) groups excluding carboxylic acids is 1. The molecule has 0 spiro atoms. The van der Waals surface area contributed by atoms with Crippen LogP contribution in [0.15, 0.2) is 17.3 Å². The lowest BCUT2D eigenvalue weighted by Gasteiger charge is -1.92. The third kappa shape index (κ3) is 0.942. The van der Waals surface area contributed by atoms with Gasteiger partial charge in [-0.2, -0.15) is 0 Å². The van der Waals surface area contributed by atoms with Crippen molar-refractivity contribution in [2.75, 3.05) is 6.61 Å². The molecule has 1 aliphatic heterocycles. The van der Waals surface area contributed by atoms with Crippen LogP contribution in [0.1, 0.15) is 0 Å². The van der Waals surface area contributed by atoms with E-state index in [1.807, 2.05) is 0 Å². The van der Waals surface area contributed by atoms with Crippen molar-refractivity contribution in [2.45, 2.75) is 6.04 Å². The molecule has 1 aliphatic rings. The first-order valence-electron chi connectivity index (χ1n) is 2.64. The van der Waals surface area contributed by atoms with Gasteiger partial charge < -0.3 is 4.74 Å². The molecule has 1 saturated heterocycles. The van der Waals surface area contributed by atoms with Crippen molar-refractivity contribution in [3.05, 3.63) is 22.6 Å². The number of azide groups is 1. The lowest BCUT2D eigenvalue weighted by Crippen LogP contribution is -2.11. The van der Waals surface area contributed by atoms with E-state index >= 15 is 0 Å². The van der Waals surface area contributed by atoms with Gasteiger partial charge >= 0.3 is 5.97 Å². The maximum atomic E-state index is 10.6. The van der Waals surface area contributed by atoms with Gasteiger partial charge in [-0.05, 0) is 11.1 Å². The molecule has 0 aromatic heterocycles. The van der Waals surface area contributed by atoms with Gasteiger partial charge in [-0.3, -0.25) is 4.79 Å². The highest BCUT2D eigenvalue weighted by atomic mass is 16.5. The summed E-state index contributed by atoms with van der Waals surface area (Å²) in [6.45, 7) is 3.66. The SMILES string of the molecule is C=C1COC(=O)[C@H]1N=[N+]=[N-]. The van der Waals surface area contributed by atoms with Crippen molar-refractivity contribution in [3.63, 3.8) is 0 Å². The van der Waals surface area contributed by atoms with Gasteiger partial charge in [0.05, 0.1) is 0 Å². The fourth-order valence-electron chi connectivity index (χ4n) is 0.669. The third-order valence-electron chi connectivity index (χ3n) is 1.18. The number of rotatable bonds is 1. The summed E-state index contributed by atoms with van der Waals surface area (Å²) in [6, 6.07) is -0.801. The van der Waals surface area contributed by atoms with Crippen LogP contribution >= 0.6 is 0 Å². The summed E-state index contributed by atoms with van der Waals surface area (Å²) >= 11 is 0. The van der Waals surface area contributed by atoms with Crippen molar-refractivity contribution in [1.82, 2.24) is 0 Å². The first-order valence-corrected chi connectivity index (χ1v) is 2.64. The zero-order valence-corrected chi connectivity index (χ0v) is 5.15. The second-order valence-corrected chi connectivity index (χ2v) is 1.87. The van der Waals surface area contributed by atoms with Crippen LogP contribution in [-0.4, -0.2) is 18.6 Å². The molecule has 52 valence electrons. The number of hydrogen-bond acceptors (Lipinski definition) is 3. The minimum atomic E-state index is -0.801. The Kier molecular flexibility index (Phi) is 1.60. The normalized spacial score (nSPS) is 23.8. The molecule has 5 nitrogen and oxygen atoms in total. The van der Waals surface area contributed by atoms with Crippen molar-refractivity contribution in [1.29, 1.82) is 0 Å². The maximum Gasteiger partial charge on any atom is 0.319 e. The van der Waals surface area contributed by atoms with Gasteiger partial charge in [0.2, 0.25) is 0 Å². The number of carbonyl (C=O) groups is 1. The molecular weight excluding hydrogens is 134 g/mol. The molecule has 1 rings (SSSR count). The molecule has 0 aromatic carbocycles. The molecule has 0 saturated carbocycles. The van der Waals surface area contributed by atoms with Crippen LogP contribution in [0, 0.1) is 0 Å². The molecule has 1 atom stereocenters. The molecule has 1 fully saturated rings. The highest BCUT2D eigenvalue weighted by molar-refractivity contribution is 5.82. The lowest BCUT2D eigenvalue weighted by molar-refractivity contribution is -0.138. The summed E-state index contributed by atoms with van der Waals surface area (Å²) in [4.78, 5) is 13.1. The Morgan fingerprint density at radius 2 is 2.60 bits per heavy atom. The van der Waals surface area contributed by atoms with Gasteiger partial charge in [-0.1, -0.05) is 11.7 Å². The summed E-state index contributed by atoms with van der Waals surface area (Å²) < 4.78 is 4.53. The highest BCUT2D eigenvalue weighted by Crippen LogP contribution is 2.14. The highest BCUT2D eigenvalue weighted by Gasteiger charge is 2.28. The van der Waals surface area contributed by atoms with Gasteiger partial charge in [0.15, 0.2) is 6.04 Å². The molecule has 1 heterocycles. The molecule has 5 heteroatoms. The number of hydrogen-bond donors (Lipinski definition) is 0. The predicted molar refractivity (Wildman–Crippen MR) is 33.0 cm³/mol. The molecule has 0 aliphatic carbocycles. The Morgan fingerprint density at radius 3 is 3.00 bits per heavy atom. The van der Waals surface area contributed by atoms with E-state index in [0.717, 1.165) is 0 Å². The second-order valence-electron chi connectivity index (χ2n) is 1.87. The zero-order valence-electron chi connectivity index (χ0n) is 5.15. The van der Waals surface area contributed by atoms with Crippen molar-refractivity contribution >= 4 is 5.97 Å². The van der Waals surface area contributed by atoms with Crippen LogP contribution in [0.3, 0.4) is 0 Å². The van der Waals surface area contributed by atoms with Crippen molar-refractivity contribution in [3.8, 4) is 0 Å². The Balaban J connectivity index is 2.81. The average Bonchev–Trinajstić information content (AvgIpc) is 2.20. The van der Waals surface area contributed by atoms with Crippen LogP contribution in [-0.2, 0) is 9.53 Å². The fraction of sp³-hybridized carbons (Fsp3) is 0.400. The lowest BCUT2D eigenvalue weighted by atomic mass is 10.2. The summed E-state index contributed by atoms with van der Waals surface area (Å²) in [6.07, 6.45) is 0. The van der Waals surface area contributed by atoms with E-state index in [-0.39, 0.29) is 6.61 Å². The van der Waals surface area contributed by atoms with Crippen LogP contribution in [0.2, 0.25) is 0 Å². The fourth-order valence-corrected chi connectivity index (χ4v) is 0.669. The number of nitrogens with zero attached hydrogens (tertiary/aromatic N) is 3. The van der Waals surface area contributed by atoms with E-state index in [2.05, 4.69) is 21.3 Å². The third-order valence-corrected chi connectivity index (χ3v) is 1.18. The summed E-state index contributed by atoms with van der Waals surface area (Å²) in [7, 11) is 0. The average molecular weight is 139 g/mol. The second kappa shape index (κ2) is 2.41. The number of ether oxygens (including phenoxy) is 1. The molecule has 0 amide bonds. The van der Waals surface area contributed by atoms with Crippen molar-refractivity contribution < 1.29 is 9.53 Å². The standard InChI is InChI=1S/C5H5N3O2/c1-3-2-10-5(9)4(3)7-8-6/h4H,1-2H2/t4-/m0/s1. The van der Waals surface area contributed by atoms with Gasteiger partial charge in [0, 0.05) is 4.91 Å². The molecule has 10 heavy (non-hydrogen) atoms. The Labute approximate surface area is 56.9 Å². The maximum absolute atomic E-state index is 10.6.